The minimum Gasteiger partial charge on any atom is -0.0837 e. The third-order valence-electron chi connectivity index (χ3n) is 6.99. The van der Waals surface area contributed by atoms with Crippen LogP contribution in [0.3, 0.4) is 0 Å². The lowest BCUT2D eigenvalue weighted by molar-refractivity contribution is 0.224. The minimum absolute atomic E-state index is 0.145. The van der Waals surface area contributed by atoms with Crippen molar-refractivity contribution in [1.29, 1.82) is 0 Å². The molecule has 0 aliphatic heterocycles. The Labute approximate surface area is 156 Å². The van der Waals surface area contributed by atoms with Gasteiger partial charge in [-0.1, -0.05) is 89.0 Å². The molecule has 2 aliphatic rings. The van der Waals surface area contributed by atoms with Crippen LogP contribution in [0, 0.1) is 24.7 Å². The van der Waals surface area contributed by atoms with Gasteiger partial charge in [-0.15, -0.1) is 0 Å². The summed E-state index contributed by atoms with van der Waals surface area (Å²) >= 11 is 0. The summed E-state index contributed by atoms with van der Waals surface area (Å²) in [6.07, 6.45) is 10.4. The summed E-state index contributed by atoms with van der Waals surface area (Å²) in [5.74, 6) is 0. The van der Waals surface area contributed by atoms with E-state index in [9.17, 15) is 0 Å². The van der Waals surface area contributed by atoms with Crippen molar-refractivity contribution in [3.05, 3.63) is 75.5 Å². The highest BCUT2D eigenvalue weighted by atomic mass is 28.2. The van der Waals surface area contributed by atoms with Crippen LogP contribution in [0.5, 0.6) is 0 Å². The summed E-state index contributed by atoms with van der Waals surface area (Å²) in [6, 6.07) is 7.13. The van der Waals surface area contributed by atoms with E-state index >= 15 is 0 Å². The van der Waals surface area contributed by atoms with Gasteiger partial charge in [-0.2, -0.15) is 0 Å². The van der Waals surface area contributed by atoms with Crippen LogP contribution in [-0.4, -0.2) is 9.52 Å². The van der Waals surface area contributed by atoms with Gasteiger partial charge in [-0.05, 0) is 46.6 Å². The molecule has 2 aliphatic carbocycles. The van der Waals surface area contributed by atoms with E-state index < -0.39 is 9.52 Å². The lowest BCUT2D eigenvalue weighted by Gasteiger charge is -2.47. The zero-order chi connectivity index (χ0) is 18.4. The second-order valence-electron chi connectivity index (χ2n) is 8.56. The minimum atomic E-state index is -0.495. The second-order valence-corrected chi connectivity index (χ2v) is 10.4. The van der Waals surface area contributed by atoms with E-state index in [4.69, 9.17) is 0 Å². The molecule has 0 nitrogen and oxygen atoms in total. The van der Waals surface area contributed by atoms with Crippen molar-refractivity contribution in [1.82, 2.24) is 0 Å². The smallest absolute Gasteiger partial charge is 0.0837 e. The van der Waals surface area contributed by atoms with Gasteiger partial charge in [0.05, 0.1) is 9.52 Å². The number of hydrogen-bond donors (Lipinski definition) is 0. The first kappa shape index (κ1) is 18.2. The molecule has 0 fully saturated rings. The van der Waals surface area contributed by atoms with Crippen molar-refractivity contribution in [3.8, 4) is 0 Å². The van der Waals surface area contributed by atoms with Crippen LogP contribution in [0.4, 0.5) is 0 Å². The predicted octanol–water partition coefficient (Wildman–Crippen LogP) is 5.25. The standard InChI is InChI=1S/C24H32Si/c1-16-13-17(2)15-21(14-16)25-22-19(4)18(3)20(5)24(22,7)23(6)11-9-8-10-12-23/h8-11,13-15H,12,25H2,1-7H3. The molecule has 2 unspecified atom stereocenters. The van der Waals surface area contributed by atoms with Gasteiger partial charge in [0, 0.05) is 10.8 Å². The molecular formula is C24H32Si. The molecule has 25 heavy (non-hydrogen) atoms. The molecule has 0 heterocycles. The molecule has 0 aromatic heterocycles. The summed E-state index contributed by atoms with van der Waals surface area (Å²) in [4.78, 5) is 0. The van der Waals surface area contributed by atoms with E-state index in [0.29, 0.717) is 0 Å². The Morgan fingerprint density at radius 2 is 1.48 bits per heavy atom. The van der Waals surface area contributed by atoms with Gasteiger partial charge in [0.2, 0.25) is 0 Å². The average molecular weight is 349 g/mol. The maximum atomic E-state index is 2.51. The first-order valence-electron chi connectivity index (χ1n) is 9.49. The number of allylic oxidation sites excluding steroid dienone is 8. The van der Waals surface area contributed by atoms with Gasteiger partial charge in [0.1, 0.15) is 0 Å². The quantitative estimate of drug-likeness (QED) is 0.654. The van der Waals surface area contributed by atoms with Crippen LogP contribution < -0.4 is 5.19 Å². The second kappa shape index (κ2) is 6.28. The van der Waals surface area contributed by atoms with Crippen LogP contribution in [-0.2, 0) is 0 Å². The molecule has 0 bridgehead atoms. The van der Waals surface area contributed by atoms with Gasteiger partial charge < -0.3 is 0 Å². The number of benzene rings is 1. The van der Waals surface area contributed by atoms with E-state index in [1.807, 2.05) is 0 Å². The zero-order valence-electron chi connectivity index (χ0n) is 17.0. The molecule has 1 aromatic rings. The highest BCUT2D eigenvalue weighted by molar-refractivity contribution is 6.62. The molecule has 0 N–H and O–H groups in total. The molecule has 0 spiro atoms. The Balaban J connectivity index is 2.10. The van der Waals surface area contributed by atoms with E-state index in [-0.39, 0.29) is 10.8 Å². The Hall–Kier alpha value is -1.60. The van der Waals surface area contributed by atoms with Crippen molar-refractivity contribution in [3.63, 3.8) is 0 Å². The van der Waals surface area contributed by atoms with Crippen molar-refractivity contribution in [2.24, 2.45) is 10.8 Å². The molecule has 1 heteroatoms. The maximum absolute atomic E-state index is 2.51. The molecule has 0 amide bonds. The molecule has 0 saturated carbocycles. The molecule has 2 atom stereocenters. The first-order valence-corrected chi connectivity index (χ1v) is 10.9. The van der Waals surface area contributed by atoms with E-state index in [0.717, 1.165) is 6.42 Å². The average Bonchev–Trinajstić information content (AvgIpc) is 2.71. The summed E-state index contributed by atoms with van der Waals surface area (Å²) in [6.45, 7) is 16.5. The summed E-state index contributed by atoms with van der Waals surface area (Å²) < 4.78 is 0. The largest absolute Gasteiger partial charge is 0.0839 e. The summed E-state index contributed by atoms with van der Waals surface area (Å²) in [7, 11) is -0.495. The fourth-order valence-corrected chi connectivity index (χ4v) is 7.85. The number of hydrogen-bond acceptors (Lipinski definition) is 0. The lowest BCUT2D eigenvalue weighted by atomic mass is 9.60. The molecule has 0 radical (unpaired) electrons. The molecule has 132 valence electrons. The lowest BCUT2D eigenvalue weighted by Crippen LogP contribution is -2.41. The van der Waals surface area contributed by atoms with E-state index in [1.165, 1.54) is 16.7 Å². The predicted molar refractivity (Wildman–Crippen MR) is 114 cm³/mol. The summed E-state index contributed by atoms with van der Waals surface area (Å²) in [5, 5.41) is 3.33. The fraction of sp³-hybridized carbons (Fsp3) is 0.417. The van der Waals surface area contributed by atoms with E-state index in [2.05, 4.69) is 91.0 Å². The highest BCUT2D eigenvalue weighted by Crippen LogP contribution is 2.59. The van der Waals surface area contributed by atoms with Crippen molar-refractivity contribution < 1.29 is 0 Å². The van der Waals surface area contributed by atoms with Gasteiger partial charge in [-0.25, -0.2) is 0 Å². The molecule has 1 aromatic carbocycles. The Kier molecular flexibility index (Phi) is 4.57. The Morgan fingerprint density at radius 1 is 0.840 bits per heavy atom. The normalized spacial score (nSPS) is 29.6. The van der Waals surface area contributed by atoms with Crippen molar-refractivity contribution >= 4 is 14.7 Å². The highest BCUT2D eigenvalue weighted by Gasteiger charge is 2.50. The Morgan fingerprint density at radius 3 is 2.04 bits per heavy atom. The van der Waals surface area contributed by atoms with Crippen molar-refractivity contribution in [2.75, 3.05) is 0 Å². The summed E-state index contributed by atoms with van der Waals surface area (Å²) in [5.41, 5.74) is 7.79. The van der Waals surface area contributed by atoms with Crippen LogP contribution in [0.25, 0.3) is 0 Å². The first-order chi connectivity index (χ1) is 11.7. The third kappa shape index (κ3) is 2.83. The zero-order valence-corrected chi connectivity index (χ0v) is 18.4. The molecule has 3 rings (SSSR count). The van der Waals surface area contributed by atoms with Crippen LogP contribution >= 0.6 is 0 Å². The topological polar surface area (TPSA) is 0 Å². The van der Waals surface area contributed by atoms with Gasteiger partial charge >= 0.3 is 0 Å². The number of aryl methyl sites for hydroxylation is 2. The third-order valence-corrected chi connectivity index (χ3v) is 9.40. The molecular weight excluding hydrogens is 316 g/mol. The fourth-order valence-electron chi connectivity index (χ4n) is 5.04. The van der Waals surface area contributed by atoms with Gasteiger partial charge in [0.15, 0.2) is 0 Å². The van der Waals surface area contributed by atoms with Crippen LogP contribution in [0.2, 0.25) is 0 Å². The van der Waals surface area contributed by atoms with E-state index in [1.54, 1.807) is 21.5 Å². The maximum Gasteiger partial charge on any atom is 0.0839 e. The van der Waals surface area contributed by atoms with Crippen LogP contribution in [0.15, 0.2) is 64.4 Å². The van der Waals surface area contributed by atoms with Gasteiger partial charge in [-0.3, -0.25) is 0 Å². The SMILES string of the molecule is CC1=C(C)C(C)(C2(C)C=CC=CC2)C([SiH2]c2cc(C)cc(C)c2)=C1C. The monoisotopic (exact) mass is 348 g/mol. The van der Waals surface area contributed by atoms with Crippen LogP contribution in [0.1, 0.15) is 52.2 Å². The van der Waals surface area contributed by atoms with Gasteiger partial charge in [0.25, 0.3) is 0 Å². The Bertz CT molecular complexity index is 813. The van der Waals surface area contributed by atoms with Crippen molar-refractivity contribution in [2.45, 2.75) is 54.9 Å². The molecule has 0 saturated heterocycles. The number of rotatable bonds is 3.